The maximum atomic E-state index is 12.1. The van der Waals surface area contributed by atoms with Crippen LogP contribution in [0, 0.1) is 10.1 Å². The van der Waals surface area contributed by atoms with Gasteiger partial charge in [-0.05, 0) is 36.3 Å². The van der Waals surface area contributed by atoms with Crippen molar-refractivity contribution in [1.29, 1.82) is 0 Å². The number of benzene rings is 2. The number of ether oxygens (including phenoxy) is 1. The highest BCUT2D eigenvalue weighted by Crippen LogP contribution is 2.22. The zero-order chi connectivity index (χ0) is 15.9. The second-order valence-corrected chi connectivity index (χ2v) is 4.49. The van der Waals surface area contributed by atoms with E-state index in [-0.39, 0.29) is 12.3 Å². The fourth-order valence-electron chi connectivity index (χ4n) is 1.95. The zero-order valence-corrected chi connectivity index (χ0v) is 12.1. The van der Waals surface area contributed by atoms with Crippen molar-refractivity contribution in [1.82, 2.24) is 0 Å². The second kappa shape index (κ2) is 7.17. The van der Waals surface area contributed by atoms with Crippen molar-refractivity contribution in [3.05, 3.63) is 75.8 Å². The lowest BCUT2D eigenvalue weighted by Gasteiger charge is -2.07. The number of carbonyl (C=O) groups excluding carboxylic acids is 1. The molecular weight excluding hydrogens is 282 g/mol. The maximum Gasteiger partial charge on any atom is 0.338 e. The molecular formula is C17H15NO4. The first kappa shape index (κ1) is 15.4. The smallest absolute Gasteiger partial charge is 0.338 e. The Balaban J connectivity index is 2.42. The topological polar surface area (TPSA) is 69.4 Å². The third kappa shape index (κ3) is 3.79. The third-order valence-electron chi connectivity index (χ3n) is 3.00. The largest absolute Gasteiger partial charge is 0.462 e. The molecule has 0 aliphatic rings. The lowest BCUT2D eigenvalue weighted by Crippen LogP contribution is -2.07. The van der Waals surface area contributed by atoms with E-state index in [0.29, 0.717) is 11.1 Å². The van der Waals surface area contributed by atoms with Gasteiger partial charge in [0.15, 0.2) is 0 Å². The molecule has 0 spiro atoms. The van der Waals surface area contributed by atoms with Gasteiger partial charge in [0, 0.05) is 12.1 Å². The Morgan fingerprint density at radius 2 is 1.77 bits per heavy atom. The zero-order valence-electron chi connectivity index (χ0n) is 12.1. The number of nitro groups is 1. The van der Waals surface area contributed by atoms with Crippen molar-refractivity contribution in [3.63, 3.8) is 0 Å². The molecule has 5 nitrogen and oxygen atoms in total. The molecule has 0 bridgehead atoms. The molecule has 112 valence electrons. The molecule has 0 N–H and O–H groups in total. The average Bonchev–Trinajstić information content (AvgIpc) is 2.54. The van der Waals surface area contributed by atoms with Crippen LogP contribution in [0.5, 0.6) is 0 Å². The average molecular weight is 297 g/mol. The van der Waals surface area contributed by atoms with Crippen LogP contribution in [-0.2, 0) is 9.53 Å². The quantitative estimate of drug-likeness (QED) is 0.277. The van der Waals surface area contributed by atoms with Crippen LogP contribution >= 0.6 is 0 Å². The summed E-state index contributed by atoms with van der Waals surface area (Å²) in [7, 11) is 0. The highest BCUT2D eigenvalue weighted by Gasteiger charge is 2.15. The summed E-state index contributed by atoms with van der Waals surface area (Å²) in [6.07, 6.45) is 1.71. The molecule has 0 aromatic heterocycles. The van der Waals surface area contributed by atoms with Crippen LogP contribution in [0.1, 0.15) is 18.1 Å². The van der Waals surface area contributed by atoms with Gasteiger partial charge < -0.3 is 4.74 Å². The Hall–Kier alpha value is -2.95. The van der Waals surface area contributed by atoms with Crippen LogP contribution in [0.25, 0.3) is 11.6 Å². The van der Waals surface area contributed by atoms with Gasteiger partial charge in [-0.3, -0.25) is 10.1 Å². The number of hydrogen-bond acceptors (Lipinski definition) is 4. The third-order valence-corrected chi connectivity index (χ3v) is 3.00. The molecule has 0 aliphatic heterocycles. The molecule has 0 saturated heterocycles. The van der Waals surface area contributed by atoms with E-state index in [4.69, 9.17) is 4.74 Å². The number of esters is 1. The Kier molecular flexibility index (Phi) is 5.03. The number of nitro benzene ring substituents is 1. The van der Waals surface area contributed by atoms with Crippen molar-refractivity contribution in [2.24, 2.45) is 0 Å². The molecule has 2 aromatic rings. The summed E-state index contributed by atoms with van der Waals surface area (Å²) in [5.41, 5.74) is 1.77. The normalized spacial score (nSPS) is 11.0. The van der Waals surface area contributed by atoms with E-state index in [9.17, 15) is 14.9 Å². The SMILES string of the molecule is CCOC(=O)C(=Cc1ccccc1)c1ccc([N+](=O)[O-])cc1. The molecule has 0 amide bonds. The van der Waals surface area contributed by atoms with Gasteiger partial charge in [0.1, 0.15) is 0 Å². The van der Waals surface area contributed by atoms with Gasteiger partial charge in [-0.25, -0.2) is 4.79 Å². The van der Waals surface area contributed by atoms with Crippen molar-refractivity contribution in [3.8, 4) is 0 Å². The van der Waals surface area contributed by atoms with Gasteiger partial charge in [-0.2, -0.15) is 0 Å². The van der Waals surface area contributed by atoms with E-state index in [1.807, 2.05) is 30.3 Å². The Bertz CT molecular complexity index is 690. The molecule has 0 atom stereocenters. The van der Waals surface area contributed by atoms with E-state index in [1.54, 1.807) is 25.1 Å². The summed E-state index contributed by atoms with van der Waals surface area (Å²) >= 11 is 0. The number of rotatable bonds is 5. The van der Waals surface area contributed by atoms with Crippen LogP contribution in [0.3, 0.4) is 0 Å². The molecule has 0 radical (unpaired) electrons. The van der Waals surface area contributed by atoms with E-state index in [1.165, 1.54) is 12.1 Å². The van der Waals surface area contributed by atoms with Crippen LogP contribution in [0.15, 0.2) is 54.6 Å². The summed E-state index contributed by atoms with van der Waals surface area (Å²) < 4.78 is 5.07. The minimum Gasteiger partial charge on any atom is -0.462 e. The minimum absolute atomic E-state index is 0.0216. The second-order valence-electron chi connectivity index (χ2n) is 4.49. The van der Waals surface area contributed by atoms with Crippen molar-refractivity contribution >= 4 is 23.3 Å². The predicted octanol–water partition coefficient (Wildman–Crippen LogP) is 3.70. The predicted molar refractivity (Wildman–Crippen MR) is 84.0 cm³/mol. The Morgan fingerprint density at radius 3 is 2.32 bits per heavy atom. The fourth-order valence-corrected chi connectivity index (χ4v) is 1.95. The monoisotopic (exact) mass is 297 g/mol. The lowest BCUT2D eigenvalue weighted by molar-refractivity contribution is -0.384. The molecule has 0 saturated carbocycles. The van der Waals surface area contributed by atoms with E-state index in [0.717, 1.165) is 5.56 Å². The summed E-state index contributed by atoms with van der Waals surface area (Å²) in [5, 5.41) is 10.7. The fraction of sp³-hybridized carbons (Fsp3) is 0.118. The molecule has 0 heterocycles. The first-order valence-electron chi connectivity index (χ1n) is 6.80. The van der Waals surface area contributed by atoms with E-state index in [2.05, 4.69) is 0 Å². The number of nitrogens with zero attached hydrogens (tertiary/aromatic N) is 1. The van der Waals surface area contributed by atoms with E-state index < -0.39 is 10.9 Å². The first-order valence-corrected chi connectivity index (χ1v) is 6.80. The Morgan fingerprint density at radius 1 is 1.14 bits per heavy atom. The van der Waals surface area contributed by atoms with Gasteiger partial charge in [0.25, 0.3) is 5.69 Å². The molecule has 5 heteroatoms. The highest BCUT2D eigenvalue weighted by atomic mass is 16.6. The van der Waals surface area contributed by atoms with Crippen LogP contribution in [0.2, 0.25) is 0 Å². The maximum absolute atomic E-state index is 12.1. The van der Waals surface area contributed by atoms with Gasteiger partial charge in [-0.15, -0.1) is 0 Å². The van der Waals surface area contributed by atoms with Gasteiger partial charge >= 0.3 is 5.97 Å². The summed E-state index contributed by atoms with van der Waals surface area (Å²) in [4.78, 5) is 22.4. The van der Waals surface area contributed by atoms with Gasteiger partial charge in [0.2, 0.25) is 0 Å². The van der Waals surface area contributed by atoms with Gasteiger partial charge in [0.05, 0.1) is 17.1 Å². The highest BCUT2D eigenvalue weighted by molar-refractivity contribution is 6.21. The molecule has 22 heavy (non-hydrogen) atoms. The molecule has 2 aromatic carbocycles. The molecule has 0 fully saturated rings. The number of carbonyl (C=O) groups is 1. The van der Waals surface area contributed by atoms with E-state index >= 15 is 0 Å². The lowest BCUT2D eigenvalue weighted by atomic mass is 10.0. The summed E-state index contributed by atoms with van der Waals surface area (Å²) in [5.74, 6) is -0.458. The molecule has 0 aliphatic carbocycles. The van der Waals surface area contributed by atoms with Crippen LogP contribution in [-0.4, -0.2) is 17.5 Å². The number of hydrogen-bond donors (Lipinski definition) is 0. The van der Waals surface area contributed by atoms with Crippen molar-refractivity contribution < 1.29 is 14.5 Å². The molecule has 2 rings (SSSR count). The Labute approximate surface area is 128 Å². The standard InChI is InChI=1S/C17H15NO4/c1-2-22-17(19)16(12-13-6-4-3-5-7-13)14-8-10-15(11-9-14)18(20)21/h3-12H,2H2,1H3. The molecule has 0 unspecified atom stereocenters. The summed E-state index contributed by atoms with van der Waals surface area (Å²) in [6.45, 7) is 1.99. The first-order chi connectivity index (χ1) is 10.6. The van der Waals surface area contributed by atoms with Crippen molar-refractivity contribution in [2.75, 3.05) is 6.61 Å². The van der Waals surface area contributed by atoms with Crippen LogP contribution in [0.4, 0.5) is 5.69 Å². The van der Waals surface area contributed by atoms with Crippen LogP contribution < -0.4 is 0 Å². The minimum atomic E-state index is -0.477. The van der Waals surface area contributed by atoms with Crippen molar-refractivity contribution in [2.45, 2.75) is 6.92 Å². The summed E-state index contributed by atoms with van der Waals surface area (Å²) in [6, 6.07) is 15.2. The number of non-ortho nitro benzene ring substituents is 1. The van der Waals surface area contributed by atoms with Gasteiger partial charge in [-0.1, -0.05) is 30.3 Å².